The fraction of sp³-hybridized carbons (Fsp3) is 0.562. The average molecular weight is 369 g/mol. The molecule has 120 valence electrons. The van der Waals surface area contributed by atoms with Crippen molar-refractivity contribution in [2.24, 2.45) is 11.7 Å². The van der Waals surface area contributed by atoms with E-state index in [0.29, 0.717) is 19.8 Å². The maximum atomic E-state index is 12.5. The van der Waals surface area contributed by atoms with Crippen LogP contribution in [0, 0.1) is 5.92 Å². The zero-order valence-electron chi connectivity index (χ0n) is 12.4. The molecule has 1 saturated heterocycles. The Morgan fingerprint density at radius 1 is 1.27 bits per heavy atom. The van der Waals surface area contributed by atoms with Crippen LogP contribution in [0.1, 0.15) is 30.9 Å². The van der Waals surface area contributed by atoms with Crippen molar-refractivity contribution in [3.05, 3.63) is 28.2 Å². The maximum absolute atomic E-state index is 12.5. The summed E-state index contributed by atoms with van der Waals surface area (Å²) >= 11 is 3.47. The summed E-state index contributed by atoms with van der Waals surface area (Å²) in [6.07, 6.45) is 2.46. The number of amides is 1. The van der Waals surface area contributed by atoms with Gasteiger partial charge in [0.25, 0.3) is 0 Å². The van der Waals surface area contributed by atoms with Crippen molar-refractivity contribution in [3.63, 3.8) is 0 Å². The molecule has 2 heterocycles. The molecule has 2 aliphatic heterocycles. The molecule has 0 saturated carbocycles. The molecule has 6 heteroatoms. The average Bonchev–Trinajstić information content (AvgIpc) is 2.55. The molecule has 1 aromatic carbocycles. The second kappa shape index (κ2) is 6.98. The molecule has 0 aromatic heterocycles. The van der Waals surface area contributed by atoms with Crippen LogP contribution in [0.5, 0.6) is 5.75 Å². The lowest BCUT2D eigenvalue weighted by atomic mass is 9.91. The van der Waals surface area contributed by atoms with Gasteiger partial charge < -0.3 is 20.5 Å². The van der Waals surface area contributed by atoms with Crippen molar-refractivity contribution >= 4 is 21.8 Å². The minimum absolute atomic E-state index is 0.0420. The van der Waals surface area contributed by atoms with E-state index in [-0.39, 0.29) is 17.9 Å². The number of ether oxygens (including phenoxy) is 2. The van der Waals surface area contributed by atoms with Crippen molar-refractivity contribution in [1.82, 2.24) is 5.32 Å². The first-order valence-electron chi connectivity index (χ1n) is 7.71. The normalized spacial score (nSPS) is 23.3. The lowest BCUT2D eigenvalue weighted by molar-refractivity contribution is -0.125. The molecule has 5 nitrogen and oxygen atoms in total. The van der Waals surface area contributed by atoms with Crippen LogP contribution in [0.25, 0.3) is 0 Å². The van der Waals surface area contributed by atoms with Gasteiger partial charge in [-0.05, 0) is 37.0 Å². The molecule has 0 spiro atoms. The van der Waals surface area contributed by atoms with Crippen molar-refractivity contribution in [2.45, 2.75) is 31.3 Å². The molecule has 1 amide bonds. The summed E-state index contributed by atoms with van der Waals surface area (Å²) in [6, 6.07) is 5.36. The Morgan fingerprint density at radius 3 is 2.82 bits per heavy atom. The zero-order valence-corrected chi connectivity index (χ0v) is 14.0. The smallest absolute Gasteiger partial charge is 0.237 e. The van der Waals surface area contributed by atoms with Crippen LogP contribution in [-0.2, 0) is 9.53 Å². The number of nitrogens with one attached hydrogen (secondary N) is 1. The number of hydrogen-bond donors (Lipinski definition) is 2. The van der Waals surface area contributed by atoms with Gasteiger partial charge >= 0.3 is 0 Å². The number of nitrogens with two attached hydrogens (primary N) is 1. The fourth-order valence-corrected chi connectivity index (χ4v) is 3.45. The number of fused-ring (bicyclic) bond motifs is 1. The van der Waals surface area contributed by atoms with E-state index in [4.69, 9.17) is 15.2 Å². The molecule has 0 bridgehead atoms. The molecule has 22 heavy (non-hydrogen) atoms. The maximum Gasteiger partial charge on any atom is 0.237 e. The minimum atomic E-state index is -0.470. The predicted molar refractivity (Wildman–Crippen MR) is 86.7 cm³/mol. The first kappa shape index (κ1) is 15.8. The molecule has 2 unspecified atom stereocenters. The molecule has 2 aliphatic rings. The van der Waals surface area contributed by atoms with Gasteiger partial charge in [0, 0.05) is 29.7 Å². The SMILES string of the molecule is NC(C(=O)NC1CCOc2ccc(Br)cc21)C1CCOCC1. The lowest BCUT2D eigenvalue weighted by Crippen LogP contribution is -2.48. The standard InChI is InChI=1S/C16H21BrN2O3/c17-11-1-2-14-12(9-11)13(5-8-22-14)19-16(20)15(18)10-3-6-21-7-4-10/h1-2,9-10,13,15H,3-8,18H2,(H,19,20). The van der Waals surface area contributed by atoms with Gasteiger partial charge in [0.2, 0.25) is 5.91 Å². The largest absolute Gasteiger partial charge is 0.493 e. The fourth-order valence-electron chi connectivity index (χ4n) is 3.07. The summed E-state index contributed by atoms with van der Waals surface area (Å²) in [5.41, 5.74) is 7.16. The van der Waals surface area contributed by atoms with Crippen molar-refractivity contribution in [1.29, 1.82) is 0 Å². The highest BCUT2D eigenvalue weighted by Gasteiger charge is 2.30. The van der Waals surface area contributed by atoms with Gasteiger partial charge in [0.1, 0.15) is 5.75 Å². The van der Waals surface area contributed by atoms with E-state index in [1.165, 1.54) is 0 Å². The van der Waals surface area contributed by atoms with Crippen LogP contribution < -0.4 is 15.8 Å². The third-order valence-corrected chi connectivity index (χ3v) is 4.90. The monoisotopic (exact) mass is 368 g/mol. The first-order valence-corrected chi connectivity index (χ1v) is 8.50. The number of carbonyl (C=O) groups is 1. The Labute approximate surface area is 138 Å². The second-order valence-electron chi connectivity index (χ2n) is 5.86. The number of hydrogen-bond acceptors (Lipinski definition) is 4. The Kier molecular flexibility index (Phi) is 5.00. The van der Waals surface area contributed by atoms with E-state index in [1.54, 1.807) is 0 Å². The van der Waals surface area contributed by atoms with Crippen LogP contribution >= 0.6 is 15.9 Å². The van der Waals surface area contributed by atoms with Crippen LogP contribution in [0.4, 0.5) is 0 Å². The van der Waals surface area contributed by atoms with E-state index < -0.39 is 6.04 Å². The van der Waals surface area contributed by atoms with Gasteiger partial charge in [-0.25, -0.2) is 0 Å². The summed E-state index contributed by atoms with van der Waals surface area (Å²) in [5, 5.41) is 3.09. The predicted octanol–water partition coefficient (Wildman–Crippen LogP) is 2.14. The molecular weight excluding hydrogens is 348 g/mol. The van der Waals surface area contributed by atoms with E-state index in [9.17, 15) is 4.79 Å². The summed E-state index contributed by atoms with van der Waals surface area (Å²) in [6.45, 7) is 1.99. The quantitative estimate of drug-likeness (QED) is 0.856. The molecule has 2 atom stereocenters. The highest BCUT2D eigenvalue weighted by Crippen LogP contribution is 2.34. The van der Waals surface area contributed by atoms with Gasteiger partial charge in [0.15, 0.2) is 0 Å². The number of benzene rings is 1. The van der Waals surface area contributed by atoms with Gasteiger partial charge in [-0.15, -0.1) is 0 Å². The Hall–Kier alpha value is -1.11. The Morgan fingerprint density at radius 2 is 2.05 bits per heavy atom. The van der Waals surface area contributed by atoms with E-state index >= 15 is 0 Å². The molecule has 3 rings (SSSR count). The number of rotatable bonds is 3. The van der Waals surface area contributed by atoms with Gasteiger partial charge in [-0.1, -0.05) is 15.9 Å². The highest BCUT2D eigenvalue weighted by molar-refractivity contribution is 9.10. The van der Waals surface area contributed by atoms with Crippen molar-refractivity contribution in [2.75, 3.05) is 19.8 Å². The zero-order chi connectivity index (χ0) is 15.5. The number of halogens is 1. The molecule has 0 radical (unpaired) electrons. The Balaban J connectivity index is 1.68. The summed E-state index contributed by atoms with van der Waals surface area (Å²) in [4.78, 5) is 12.5. The lowest BCUT2D eigenvalue weighted by Gasteiger charge is -2.31. The van der Waals surface area contributed by atoms with E-state index in [1.807, 2.05) is 18.2 Å². The third kappa shape index (κ3) is 3.45. The molecule has 1 aromatic rings. The molecular formula is C16H21BrN2O3. The van der Waals surface area contributed by atoms with Gasteiger partial charge in [-0.2, -0.15) is 0 Å². The van der Waals surface area contributed by atoms with Crippen molar-refractivity contribution in [3.8, 4) is 5.75 Å². The molecule has 1 fully saturated rings. The van der Waals surface area contributed by atoms with Gasteiger partial charge in [-0.3, -0.25) is 4.79 Å². The third-order valence-electron chi connectivity index (χ3n) is 4.40. The van der Waals surface area contributed by atoms with Crippen LogP contribution in [0.2, 0.25) is 0 Å². The van der Waals surface area contributed by atoms with Crippen molar-refractivity contribution < 1.29 is 14.3 Å². The number of carbonyl (C=O) groups excluding carboxylic acids is 1. The molecule has 0 aliphatic carbocycles. The highest BCUT2D eigenvalue weighted by atomic mass is 79.9. The Bertz CT molecular complexity index is 546. The van der Waals surface area contributed by atoms with E-state index in [2.05, 4.69) is 21.2 Å². The second-order valence-corrected chi connectivity index (χ2v) is 6.77. The minimum Gasteiger partial charge on any atom is -0.493 e. The van der Waals surface area contributed by atoms with Crippen LogP contribution in [0.15, 0.2) is 22.7 Å². The summed E-state index contributed by atoms with van der Waals surface area (Å²) in [7, 11) is 0. The van der Waals surface area contributed by atoms with Crippen LogP contribution in [-0.4, -0.2) is 31.8 Å². The first-order chi connectivity index (χ1) is 10.6. The molecule has 3 N–H and O–H groups in total. The summed E-state index contributed by atoms with van der Waals surface area (Å²) in [5.74, 6) is 0.958. The summed E-state index contributed by atoms with van der Waals surface area (Å²) < 4.78 is 12.0. The van der Waals surface area contributed by atoms with E-state index in [0.717, 1.165) is 35.0 Å². The topological polar surface area (TPSA) is 73.6 Å². The van der Waals surface area contributed by atoms with Gasteiger partial charge in [0.05, 0.1) is 18.7 Å². The van der Waals surface area contributed by atoms with Crippen LogP contribution in [0.3, 0.4) is 0 Å².